The van der Waals surface area contributed by atoms with E-state index in [1.54, 1.807) is 6.08 Å². The van der Waals surface area contributed by atoms with Crippen LogP contribution in [0.4, 0.5) is 0 Å². The van der Waals surface area contributed by atoms with Crippen LogP contribution in [0.3, 0.4) is 0 Å². The van der Waals surface area contributed by atoms with Gasteiger partial charge in [-0.1, -0.05) is 224 Å². The van der Waals surface area contributed by atoms with E-state index >= 15 is 0 Å². The first-order valence-corrected chi connectivity index (χ1v) is 25.7. The van der Waals surface area contributed by atoms with Gasteiger partial charge in [-0.3, -0.25) is 4.79 Å². The van der Waals surface area contributed by atoms with Crippen molar-refractivity contribution in [1.29, 1.82) is 0 Å². The molecule has 0 bridgehead atoms. The molecule has 1 rings (SSSR count). The number of hydrogen-bond acceptors (Lipinski definition) is 8. The average Bonchev–Trinajstić information content (AvgIpc) is 3.26. The lowest BCUT2D eigenvalue weighted by molar-refractivity contribution is -0.302. The third-order valence-corrected chi connectivity index (χ3v) is 12.2. The van der Waals surface area contributed by atoms with E-state index in [-0.39, 0.29) is 12.5 Å². The van der Waals surface area contributed by atoms with E-state index in [1.807, 2.05) is 6.08 Å². The van der Waals surface area contributed by atoms with E-state index in [9.17, 15) is 30.3 Å². The molecular weight excluding hydrogens is 767 g/mol. The maximum absolute atomic E-state index is 13.0. The smallest absolute Gasteiger partial charge is 0.220 e. The zero-order chi connectivity index (χ0) is 44.4. The number of carbonyl (C=O) groups excluding carboxylic acids is 1. The van der Waals surface area contributed by atoms with Crippen LogP contribution in [-0.2, 0) is 14.3 Å². The number of unbranched alkanes of at least 4 members (excludes halogenated alkanes) is 29. The fourth-order valence-corrected chi connectivity index (χ4v) is 8.14. The summed E-state index contributed by atoms with van der Waals surface area (Å²) in [6.07, 6.45) is 46.7. The minimum absolute atomic E-state index is 0.190. The Labute approximate surface area is 374 Å². The van der Waals surface area contributed by atoms with Crippen LogP contribution in [0.15, 0.2) is 36.5 Å². The normalized spacial score (nSPS) is 20.7. The van der Waals surface area contributed by atoms with Crippen molar-refractivity contribution < 1.29 is 39.8 Å². The zero-order valence-corrected chi connectivity index (χ0v) is 39.4. The number of ether oxygens (including phenoxy) is 2. The lowest BCUT2D eigenvalue weighted by Gasteiger charge is -2.40. The van der Waals surface area contributed by atoms with Gasteiger partial charge in [0, 0.05) is 6.42 Å². The summed E-state index contributed by atoms with van der Waals surface area (Å²) in [6, 6.07) is -0.823. The van der Waals surface area contributed by atoms with Crippen LogP contribution in [-0.4, -0.2) is 87.5 Å². The number of aliphatic hydroxyl groups is 5. The van der Waals surface area contributed by atoms with Crippen molar-refractivity contribution in [3.8, 4) is 0 Å². The molecule has 1 fully saturated rings. The molecule has 1 aliphatic rings. The summed E-state index contributed by atoms with van der Waals surface area (Å²) in [5.74, 6) is -0.190. The third kappa shape index (κ3) is 32.7. The quantitative estimate of drug-likeness (QED) is 0.0262. The predicted octanol–water partition coefficient (Wildman–Crippen LogP) is 11.6. The first kappa shape index (κ1) is 57.4. The van der Waals surface area contributed by atoms with Gasteiger partial charge in [0.1, 0.15) is 24.4 Å². The molecular formula is C52H97NO8. The number of allylic oxidation sites excluding steroid dienone is 5. The van der Waals surface area contributed by atoms with Crippen LogP contribution in [0.2, 0.25) is 0 Å². The lowest BCUT2D eigenvalue weighted by Crippen LogP contribution is -2.60. The lowest BCUT2D eigenvalue weighted by atomic mass is 9.99. The Morgan fingerprint density at radius 1 is 0.557 bits per heavy atom. The molecule has 1 aliphatic heterocycles. The van der Waals surface area contributed by atoms with Gasteiger partial charge in [0.25, 0.3) is 0 Å². The molecule has 7 atom stereocenters. The Morgan fingerprint density at radius 2 is 0.951 bits per heavy atom. The second kappa shape index (κ2) is 42.4. The maximum atomic E-state index is 13.0. The molecule has 9 nitrogen and oxygen atoms in total. The molecule has 358 valence electrons. The number of nitrogens with one attached hydrogen (secondary N) is 1. The Hall–Kier alpha value is -1.59. The highest BCUT2D eigenvalue weighted by molar-refractivity contribution is 5.76. The van der Waals surface area contributed by atoms with Gasteiger partial charge >= 0.3 is 0 Å². The van der Waals surface area contributed by atoms with E-state index in [0.717, 1.165) is 51.4 Å². The van der Waals surface area contributed by atoms with Crippen LogP contribution in [0.25, 0.3) is 0 Å². The highest BCUT2D eigenvalue weighted by atomic mass is 16.7. The minimum atomic E-state index is -1.57. The van der Waals surface area contributed by atoms with Crippen molar-refractivity contribution in [2.24, 2.45) is 0 Å². The van der Waals surface area contributed by atoms with E-state index in [0.29, 0.717) is 6.42 Å². The second-order valence-electron chi connectivity index (χ2n) is 17.9. The van der Waals surface area contributed by atoms with Crippen LogP contribution in [0, 0.1) is 0 Å². The molecule has 0 spiro atoms. The van der Waals surface area contributed by atoms with Crippen LogP contribution in [0.5, 0.6) is 0 Å². The SMILES string of the molecule is CC/C=C/CC/C=C/CC/C=C/C(O)C(COC1OC(CO)C(O)C(O)C1O)NC(=O)CCCCCCCCCCCCCCCCCCCCCCCCCCCCCC. The van der Waals surface area contributed by atoms with Gasteiger partial charge in [-0.25, -0.2) is 0 Å². The standard InChI is InChI=1S/C52H97NO8/c1-3-5-7-9-11-13-15-16-17-18-19-20-21-22-23-24-25-26-27-28-29-30-31-32-34-36-38-40-42-48(56)53-45(44-60-52-51(59)50(58)49(57)47(43-54)61-52)46(55)41-39-37-35-33-14-12-10-8-6-4-2/h6,8,14,33,39,41,45-47,49-52,54-55,57-59H,3-5,7,9-13,15-32,34-38,40,42-44H2,1-2H3,(H,53,56)/b8-6+,33-14+,41-39+. The summed E-state index contributed by atoms with van der Waals surface area (Å²) in [5, 5.41) is 54.1. The first-order chi connectivity index (χ1) is 29.8. The average molecular weight is 864 g/mol. The fraction of sp³-hybridized carbons (Fsp3) is 0.865. The molecule has 7 unspecified atom stereocenters. The first-order valence-electron chi connectivity index (χ1n) is 25.7. The van der Waals surface area contributed by atoms with Crippen molar-refractivity contribution in [3.63, 3.8) is 0 Å². The molecule has 1 amide bonds. The summed E-state index contributed by atoms with van der Waals surface area (Å²) < 4.78 is 11.2. The zero-order valence-electron chi connectivity index (χ0n) is 39.4. The number of amides is 1. The molecule has 0 aromatic heterocycles. The van der Waals surface area contributed by atoms with Crippen LogP contribution >= 0.6 is 0 Å². The summed E-state index contributed by atoms with van der Waals surface area (Å²) >= 11 is 0. The highest BCUT2D eigenvalue weighted by Crippen LogP contribution is 2.23. The second-order valence-corrected chi connectivity index (χ2v) is 17.9. The fourth-order valence-electron chi connectivity index (χ4n) is 8.14. The molecule has 0 radical (unpaired) electrons. The van der Waals surface area contributed by atoms with Gasteiger partial charge in [0.05, 0.1) is 25.4 Å². The summed E-state index contributed by atoms with van der Waals surface area (Å²) in [5.41, 5.74) is 0. The van der Waals surface area contributed by atoms with E-state index in [4.69, 9.17) is 9.47 Å². The van der Waals surface area contributed by atoms with E-state index in [2.05, 4.69) is 43.5 Å². The Kier molecular flexibility index (Phi) is 39.9. The van der Waals surface area contributed by atoms with Gasteiger partial charge in [-0.05, 0) is 38.5 Å². The largest absolute Gasteiger partial charge is 0.394 e. The maximum Gasteiger partial charge on any atom is 0.220 e. The van der Waals surface area contributed by atoms with Crippen molar-refractivity contribution in [2.75, 3.05) is 13.2 Å². The van der Waals surface area contributed by atoms with Gasteiger partial charge in [0.2, 0.25) is 5.91 Å². The predicted molar refractivity (Wildman–Crippen MR) is 253 cm³/mol. The van der Waals surface area contributed by atoms with Crippen LogP contribution in [0.1, 0.15) is 232 Å². The topological polar surface area (TPSA) is 149 Å². The van der Waals surface area contributed by atoms with Crippen molar-refractivity contribution in [2.45, 2.75) is 275 Å². The van der Waals surface area contributed by atoms with Crippen LogP contribution < -0.4 is 5.32 Å². The molecule has 1 saturated heterocycles. The molecule has 0 saturated carbocycles. The summed E-state index contributed by atoms with van der Waals surface area (Å²) in [7, 11) is 0. The van der Waals surface area contributed by atoms with Gasteiger partial charge in [-0.15, -0.1) is 0 Å². The molecule has 0 aromatic carbocycles. The molecule has 0 aromatic rings. The van der Waals surface area contributed by atoms with Crippen molar-refractivity contribution in [1.82, 2.24) is 5.32 Å². The molecule has 9 heteroatoms. The summed E-state index contributed by atoms with van der Waals surface area (Å²) in [6.45, 7) is 3.64. The van der Waals surface area contributed by atoms with Crippen molar-refractivity contribution >= 4 is 5.91 Å². The monoisotopic (exact) mass is 864 g/mol. The molecule has 1 heterocycles. The number of rotatable bonds is 43. The van der Waals surface area contributed by atoms with Crippen molar-refractivity contribution in [3.05, 3.63) is 36.5 Å². The molecule has 61 heavy (non-hydrogen) atoms. The van der Waals surface area contributed by atoms with E-state index in [1.165, 1.54) is 161 Å². The highest BCUT2D eigenvalue weighted by Gasteiger charge is 2.44. The van der Waals surface area contributed by atoms with Gasteiger partial charge < -0.3 is 40.3 Å². The van der Waals surface area contributed by atoms with Gasteiger partial charge in [0.15, 0.2) is 6.29 Å². The Balaban J connectivity index is 2.14. The Bertz CT molecular complexity index is 1050. The number of hydrogen-bond donors (Lipinski definition) is 6. The number of aliphatic hydroxyl groups excluding tert-OH is 5. The van der Waals surface area contributed by atoms with Gasteiger partial charge in [-0.2, -0.15) is 0 Å². The van der Waals surface area contributed by atoms with E-state index < -0.39 is 49.5 Å². The Morgan fingerprint density at radius 3 is 1.36 bits per heavy atom. The molecule has 0 aliphatic carbocycles. The molecule has 6 N–H and O–H groups in total. The number of carbonyl (C=O) groups is 1. The third-order valence-electron chi connectivity index (χ3n) is 12.2. The minimum Gasteiger partial charge on any atom is -0.394 e. The summed E-state index contributed by atoms with van der Waals surface area (Å²) in [4.78, 5) is 13.0.